The second-order valence-electron chi connectivity index (χ2n) is 11.4. The molecule has 0 unspecified atom stereocenters. The van der Waals surface area contributed by atoms with Crippen molar-refractivity contribution in [2.75, 3.05) is 6.61 Å². The number of hydrogen-bond donors (Lipinski definition) is 6. The van der Waals surface area contributed by atoms with Gasteiger partial charge in [0.1, 0.15) is 24.1 Å². The smallest absolute Gasteiger partial charge is 0.341 e. The van der Waals surface area contributed by atoms with Crippen LogP contribution in [0, 0.1) is 17.8 Å². The molecule has 224 valence electrons. The van der Waals surface area contributed by atoms with Crippen molar-refractivity contribution in [1.29, 1.82) is 0 Å². The highest BCUT2D eigenvalue weighted by molar-refractivity contribution is 5.73. The summed E-state index contributed by atoms with van der Waals surface area (Å²) in [6.07, 6.45) is -2.39. The van der Waals surface area contributed by atoms with Gasteiger partial charge in [-0.25, -0.2) is 9.59 Å². The largest absolute Gasteiger partial charge is 0.482 e. The van der Waals surface area contributed by atoms with Crippen LogP contribution in [0.25, 0.3) is 0 Å². The van der Waals surface area contributed by atoms with Gasteiger partial charge < -0.3 is 44.8 Å². The van der Waals surface area contributed by atoms with E-state index in [0.717, 1.165) is 30.4 Å². The molecule has 11 heteroatoms. The van der Waals surface area contributed by atoms with E-state index in [-0.39, 0.29) is 17.8 Å². The van der Waals surface area contributed by atoms with Crippen molar-refractivity contribution in [2.24, 2.45) is 17.8 Å². The summed E-state index contributed by atoms with van der Waals surface area (Å²) in [7, 11) is 0. The summed E-state index contributed by atoms with van der Waals surface area (Å²) in [6.45, 7) is 1.67. The molecule has 1 heterocycles. The summed E-state index contributed by atoms with van der Waals surface area (Å²) < 4.78 is 17.2. The standard InChI is InChI=1S/C29H42O11/c1-2-3-4-7-17(30)9-10-18-19-11-15-6-5-8-21(38-14-23(31)32)20(15)12-16(19)13-22(18)39-29-26(35)24(33)25(34)27(40-29)28(36)37/h5-6,8,16-19,22,24-27,29-30,33-35H,2-4,7,9-14H2,1H3,(H,31,32)(H,36,37)/t16-,17-,18+,19-,22+,24-,25-,26+,27-,29+/m0/s1. The monoisotopic (exact) mass is 566 g/mol. The van der Waals surface area contributed by atoms with E-state index in [1.807, 2.05) is 12.1 Å². The molecule has 1 aromatic carbocycles. The van der Waals surface area contributed by atoms with Gasteiger partial charge in [0.2, 0.25) is 0 Å². The van der Waals surface area contributed by atoms with E-state index >= 15 is 0 Å². The van der Waals surface area contributed by atoms with Gasteiger partial charge in [-0.15, -0.1) is 0 Å². The molecule has 4 rings (SSSR count). The van der Waals surface area contributed by atoms with Gasteiger partial charge in [-0.3, -0.25) is 0 Å². The predicted octanol–water partition coefficient (Wildman–Crippen LogP) is 1.50. The van der Waals surface area contributed by atoms with Gasteiger partial charge in [0, 0.05) is 0 Å². The highest BCUT2D eigenvalue weighted by Crippen LogP contribution is 2.50. The number of unbranched alkanes of at least 4 members (excludes halogenated alkanes) is 2. The van der Waals surface area contributed by atoms with E-state index in [1.54, 1.807) is 6.07 Å². The first-order valence-corrected chi connectivity index (χ1v) is 14.3. The second-order valence-corrected chi connectivity index (χ2v) is 11.4. The summed E-state index contributed by atoms with van der Waals surface area (Å²) in [5.41, 5.74) is 2.03. The summed E-state index contributed by atoms with van der Waals surface area (Å²) in [5, 5.41) is 60.1. The molecule has 0 amide bonds. The number of benzene rings is 1. The normalized spacial score (nSPS) is 34.1. The number of fused-ring (bicyclic) bond motifs is 2. The van der Waals surface area contributed by atoms with Gasteiger partial charge in [0.15, 0.2) is 19.0 Å². The van der Waals surface area contributed by atoms with Crippen LogP contribution in [0.4, 0.5) is 0 Å². The maximum absolute atomic E-state index is 11.6. The molecule has 1 saturated heterocycles. The number of carbonyl (C=O) groups is 2. The topological polar surface area (TPSA) is 183 Å². The Morgan fingerprint density at radius 1 is 1.05 bits per heavy atom. The molecule has 2 fully saturated rings. The molecule has 0 radical (unpaired) electrons. The quantitative estimate of drug-likeness (QED) is 0.190. The lowest BCUT2D eigenvalue weighted by Gasteiger charge is -2.40. The van der Waals surface area contributed by atoms with Crippen LogP contribution >= 0.6 is 0 Å². The summed E-state index contributed by atoms with van der Waals surface area (Å²) >= 11 is 0. The SMILES string of the molecule is CCCCC[C@H](O)CC[C@@H]1[C@H]2Cc3cccc(OCC(=O)O)c3C[C@H]2C[C@H]1O[C@@H]1O[C@H](C(=O)O)[C@@H](O)[C@H](O)[C@H]1O. The lowest BCUT2D eigenvalue weighted by atomic mass is 9.73. The number of hydrogen-bond acceptors (Lipinski definition) is 9. The van der Waals surface area contributed by atoms with E-state index in [1.165, 1.54) is 0 Å². The Labute approximate surface area is 233 Å². The Kier molecular flexibility index (Phi) is 10.4. The maximum Gasteiger partial charge on any atom is 0.341 e. The lowest BCUT2D eigenvalue weighted by molar-refractivity contribution is -0.307. The molecule has 10 atom stereocenters. The summed E-state index contributed by atoms with van der Waals surface area (Å²) in [6, 6.07) is 5.62. The van der Waals surface area contributed by atoms with Crippen molar-refractivity contribution in [1.82, 2.24) is 0 Å². The van der Waals surface area contributed by atoms with Gasteiger partial charge >= 0.3 is 11.9 Å². The van der Waals surface area contributed by atoms with E-state index < -0.39 is 61.5 Å². The minimum absolute atomic E-state index is 0.0364. The fourth-order valence-electron chi connectivity index (χ4n) is 6.70. The Morgan fingerprint density at radius 2 is 1.82 bits per heavy atom. The molecule has 0 spiro atoms. The molecule has 40 heavy (non-hydrogen) atoms. The van der Waals surface area contributed by atoms with Crippen LogP contribution in [-0.2, 0) is 31.9 Å². The van der Waals surface area contributed by atoms with Gasteiger partial charge in [0.25, 0.3) is 0 Å². The van der Waals surface area contributed by atoms with Crippen molar-refractivity contribution in [3.05, 3.63) is 29.3 Å². The van der Waals surface area contributed by atoms with E-state index in [0.29, 0.717) is 44.3 Å². The zero-order valence-corrected chi connectivity index (χ0v) is 22.8. The van der Waals surface area contributed by atoms with Crippen LogP contribution in [0.3, 0.4) is 0 Å². The number of ether oxygens (including phenoxy) is 3. The van der Waals surface area contributed by atoms with Gasteiger partial charge in [-0.2, -0.15) is 0 Å². The third kappa shape index (κ3) is 6.95. The Morgan fingerprint density at radius 3 is 2.52 bits per heavy atom. The Bertz CT molecular complexity index is 1020. The van der Waals surface area contributed by atoms with Crippen LogP contribution in [0.15, 0.2) is 18.2 Å². The highest BCUT2D eigenvalue weighted by atomic mass is 16.7. The number of aliphatic hydroxyl groups is 4. The Hall–Kier alpha value is -2.28. The molecule has 1 saturated carbocycles. The van der Waals surface area contributed by atoms with Crippen LogP contribution < -0.4 is 4.74 Å². The first kappa shape index (κ1) is 30.7. The number of carboxylic acid groups (broad SMARTS) is 2. The lowest BCUT2D eigenvalue weighted by Crippen LogP contribution is -2.61. The summed E-state index contributed by atoms with van der Waals surface area (Å²) in [5.74, 6) is -1.72. The van der Waals surface area contributed by atoms with Crippen molar-refractivity contribution < 1.29 is 54.4 Å². The molecular formula is C29H42O11. The van der Waals surface area contributed by atoms with Crippen LogP contribution in [0.1, 0.15) is 63.0 Å². The Balaban J connectivity index is 1.53. The number of carboxylic acids is 2. The molecule has 3 aliphatic rings. The molecule has 0 aromatic heterocycles. The number of aliphatic hydroxyl groups excluding tert-OH is 4. The van der Waals surface area contributed by atoms with Crippen LogP contribution in [0.5, 0.6) is 5.75 Å². The van der Waals surface area contributed by atoms with Crippen LogP contribution in [-0.4, -0.2) is 92.1 Å². The highest BCUT2D eigenvalue weighted by Gasteiger charge is 2.51. The second kappa shape index (κ2) is 13.6. The molecule has 6 N–H and O–H groups in total. The van der Waals surface area contributed by atoms with E-state index in [2.05, 4.69) is 6.92 Å². The average Bonchev–Trinajstić information content (AvgIpc) is 3.25. The summed E-state index contributed by atoms with van der Waals surface area (Å²) in [4.78, 5) is 22.7. The van der Waals surface area contributed by atoms with Gasteiger partial charge in [-0.1, -0.05) is 38.3 Å². The van der Waals surface area contributed by atoms with E-state index in [4.69, 9.17) is 19.3 Å². The fourth-order valence-corrected chi connectivity index (χ4v) is 6.70. The van der Waals surface area contributed by atoms with Crippen LogP contribution in [0.2, 0.25) is 0 Å². The van der Waals surface area contributed by atoms with Crippen molar-refractivity contribution in [3.8, 4) is 5.75 Å². The van der Waals surface area contributed by atoms with Crippen molar-refractivity contribution in [2.45, 2.75) is 108 Å². The third-order valence-electron chi connectivity index (χ3n) is 8.77. The maximum atomic E-state index is 11.6. The van der Waals surface area contributed by atoms with Gasteiger partial charge in [0.05, 0.1) is 12.2 Å². The van der Waals surface area contributed by atoms with Gasteiger partial charge in [-0.05, 0) is 73.5 Å². The zero-order chi connectivity index (χ0) is 29.0. The molecule has 0 bridgehead atoms. The van der Waals surface area contributed by atoms with Crippen molar-refractivity contribution >= 4 is 11.9 Å². The molecule has 1 aromatic rings. The average molecular weight is 567 g/mol. The number of aliphatic carboxylic acids is 2. The zero-order valence-electron chi connectivity index (χ0n) is 22.8. The number of rotatable bonds is 13. The molecule has 2 aliphatic carbocycles. The minimum atomic E-state index is -1.80. The van der Waals surface area contributed by atoms with Crippen molar-refractivity contribution in [3.63, 3.8) is 0 Å². The molecule has 1 aliphatic heterocycles. The van der Waals surface area contributed by atoms with E-state index in [9.17, 15) is 35.1 Å². The first-order chi connectivity index (χ1) is 19.1. The molecular weight excluding hydrogens is 524 g/mol. The molecule has 11 nitrogen and oxygen atoms in total. The first-order valence-electron chi connectivity index (χ1n) is 14.3. The predicted molar refractivity (Wildman–Crippen MR) is 141 cm³/mol. The third-order valence-corrected chi connectivity index (χ3v) is 8.77. The fraction of sp³-hybridized carbons (Fsp3) is 0.724. The minimum Gasteiger partial charge on any atom is -0.482 e.